The molecule has 1 aromatic rings. The summed E-state index contributed by atoms with van der Waals surface area (Å²) >= 11 is 0. The molecule has 0 saturated heterocycles. The average Bonchev–Trinajstić information content (AvgIpc) is 2.72. The number of alkyl halides is 1. The first-order valence-corrected chi connectivity index (χ1v) is 6.20. The number of rotatable bonds is 3. The smallest absolute Gasteiger partial charge is 0.298 e. The molecule has 6 heteroatoms. The van der Waals surface area contributed by atoms with Crippen molar-refractivity contribution in [3.8, 4) is 0 Å². The van der Waals surface area contributed by atoms with Crippen molar-refractivity contribution in [1.82, 2.24) is 0 Å². The number of benzene rings is 1. The number of halogens is 1. The molecule has 1 aromatic carbocycles. The maximum absolute atomic E-state index is 12.8. The summed E-state index contributed by atoms with van der Waals surface area (Å²) in [6, 6.07) is 6.09. The van der Waals surface area contributed by atoms with Crippen LogP contribution in [-0.4, -0.2) is 20.3 Å². The molecule has 16 heavy (non-hydrogen) atoms. The summed E-state index contributed by atoms with van der Waals surface area (Å²) < 4.78 is 40.8. The second-order valence-electron chi connectivity index (χ2n) is 3.98. The molecule has 2 unspecified atom stereocenters. The molecule has 88 valence electrons. The minimum absolute atomic E-state index is 0.0120. The highest BCUT2D eigenvalue weighted by Gasteiger charge is 2.57. The second kappa shape index (κ2) is 3.51. The lowest BCUT2D eigenvalue weighted by molar-refractivity contribution is 0.160. The minimum Gasteiger partial charge on any atom is -0.300 e. The molecule has 0 heterocycles. The van der Waals surface area contributed by atoms with Gasteiger partial charge in [0.1, 0.15) is 6.17 Å². The molecule has 1 fully saturated rings. The third-order valence-corrected chi connectivity index (χ3v) is 3.82. The van der Waals surface area contributed by atoms with Gasteiger partial charge in [0, 0.05) is 6.42 Å². The molecular formula is C10H12FNO3S. The maximum Gasteiger partial charge on any atom is 0.298 e. The van der Waals surface area contributed by atoms with Crippen LogP contribution in [0.4, 0.5) is 4.39 Å². The third kappa shape index (κ3) is 2.09. The summed E-state index contributed by atoms with van der Waals surface area (Å²) in [5.41, 5.74) is 4.63. The van der Waals surface area contributed by atoms with E-state index in [9.17, 15) is 12.8 Å². The van der Waals surface area contributed by atoms with Crippen molar-refractivity contribution < 1.29 is 17.0 Å². The molecular weight excluding hydrogens is 233 g/mol. The van der Waals surface area contributed by atoms with E-state index >= 15 is 0 Å². The van der Waals surface area contributed by atoms with Crippen LogP contribution in [0, 0.1) is 6.92 Å². The lowest BCUT2D eigenvalue weighted by Gasteiger charge is -2.10. The van der Waals surface area contributed by atoms with Gasteiger partial charge in [-0.25, -0.2) is 8.57 Å². The zero-order chi connectivity index (χ0) is 12.0. The Kier molecular flexibility index (Phi) is 2.52. The van der Waals surface area contributed by atoms with Crippen LogP contribution in [0.1, 0.15) is 12.0 Å². The number of hydrogen-bond acceptors (Lipinski definition) is 4. The topological polar surface area (TPSA) is 69.4 Å². The van der Waals surface area contributed by atoms with Crippen molar-refractivity contribution in [2.45, 2.75) is 30.1 Å². The second-order valence-corrected chi connectivity index (χ2v) is 5.52. The molecule has 1 aliphatic rings. The van der Waals surface area contributed by atoms with Crippen LogP contribution in [0.15, 0.2) is 29.2 Å². The first kappa shape index (κ1) is 11.5. The molecule has 2 atom stereocenters. The van der Waals surface area contributed by atoms with Gasteiger partial charge in [0.25, 0.3) is 10.1 Å². The highest BCUT2D eigenvalue weighted by Crippen LogP contribution is 2.40. The molecule has 0 amide bonds. The molecule has 0 aliphatic heterocycles. The van der Waals surface area contributed by atoms with Gasteiger partial charge in [-0.15, -0.1) is 0 Å². The van der Waals surface area contributed by atoms with Crippen LogP contribution < -0.4 is 5.73 Å². The zero-order valence-electron chi connectivity index (χ0n) is 8.68. The predicted molar refractivity (Wildman–Crippen MR) is 55.9 cm³/mol. The van der Waals surface area contributed by atoms with E-state index in [4.69, 9.17) is 5.73 Å². The van der Waals surface area contributed by atoms with E-state index in [1.165, 1.54) is 12.1 Å². The third-order valence-electron chi connectivity index (χ3n) is 2.44. The Labute approximate surface area is 93.3 Å². The van der Waals surface area contributed by atoms with Gasteiger partial charge < -0.3 is 0 Å². The van der Waals surface area contributed by atoms with Gasteiger partial charge >= 0.3 is 0 Å². The summed E-state index contributed by atoms with van der Waals surface area (Å²) in [6.07, 6.45) is -1.49. The number of nitrogens with two attached hydrogens (primary N) is 1. The van der Waals surface area contributed by atoms with E-state index in [1.807, 2.05) is 6.92 Å². The lowest BCUT2D eigenvalue weighted by Crippen LogP contribution is -2.32. The summed E-state index contributed by atoms with van der Waals surface area (Å²) in [7, 11) is -3.97. The predicted octanol–water partition coefficient (Wildman–Crippen LogP) is 1.10. The lowest BCUT2D eigenvalue weighted by atomic mass is 10.2. The van der Waals surface area contributed by atoms with Crippen LogP contribution in [-0.2, 0) is 14.3 Å². The van der Waals surface area contributed by atoms with Crippen molar-refractivity contribution >= 4 is 10.1 Å². The van der Waals surface area contributed by atoms with E-state index in [0.29, 0.717) is 0 Å². The highest BCUT2D eigenvalue weighted by atomic mass is 32.2. The van der Waals surface area contributed by atoms with Gasteiger partial charge in [0.05, 0.1) is 4.90 Å². The van der Waals surface area contributed by atoms with Crippen molar-refractivity contribution in [3.05, 3.63) is 29.8 Å². The van der Waals surface area contributed by atoms with Gasteiger partial charge in [-0.3, -0.25) is 5.73 Å². The Morgan fingerprint density at radius 3 is 2.38 bits per heavy atom. The van der Waals surface area contributed by atoms with Crippen LogP contribution in [0.25, 0.3) is 0 Å². The standard InChI is InChI=1S/C10H12FNO3S/c1-7-2-4-8(5-3-7)16(13,14)15-10(12)6-9(10)11/h2-5,9H,6,12H2,1H3. The first-order chi connectivity index (χ1) is 7.33. The molecule has 0 bridgehead atoms. The molecule has 0 spiro atoms. The van der Waals surface area contributed by atoms with Crippen LogP contribution in [0.2, 0.25) is 0 Å². The fourth-order valence-corrected chi connectivity index (χ4v) is 2.41. The Morgan fingerprint density at radius 2 is 1.94 bits per heavy atom. The van der Waals surface area contributed by atoms with Crippen LogP contribution >= 0.6 is 0 Å². The SMILES string of the molecule is Cc1ccc(S(=O)(=O)OC2(N)CC2F)cc1. The minimum atomic E-state index is -3.97. The van der Waals surface area contributed by atoms with Crippen molar-refractivity contribution in [1.29, 1.82) is 0 Å². The molecule has 2 rings (SSSR count). The molecule has 2 N–H and O–H groups in total. The molecule has 1 saturated carbocycles. The monoisotopic (exact) mass is 245 g/mol. The Balaban J connectivity index is 2.23. The van der Waals surface area contributed by atoms with E-state index in [2.05, 4.69) is 4.18 Å². The maximum atomic E-state index is 12.8. The quantitative estimate of drug-likeness (QED) is 0.639. The van der Waals surface area contributed by atoms with Gasteiger partial charge in [-0.05, 0) is 19.1 Å². The summed E-state index contributed by atoms with van der Waals surface area (Å²) in [5, 5.41) is 0. The van der Waals surface area contributed by atoms with Gasteiger partial charge in [-0.2, -0.15) is 8.42 Å². The average molecular weight is 245 g/mol. The van der Waals surface area contributed by atoms with Crippen molar-refractivity contribution in [3.63, 3.8) is 0 Å². The van der Waals surface area contributed by atoms with Gasteiger partial charge in [0.15, 0.2) is 5.72 Å². The normalized spacial score (nSPS) is 29.1. The number of hydrogen-bond donors (Lipinski definition) is 1. The zero-order valence-corrected chi connectivity index (χ0v) is 9.50. The molecule has 0 aromatic heterocycles. The highest BCUT2D eigenvalue weighted by molar-refractivity contribution is 7.86. The van der Waals surface area contributed by atoms with E-state index in [-0.39, 0.29) is 11.3 Å². The summed E-state index contributed by atoms with van der Waals surface area (Å²) in [4.78, 5) is -0.0120. The Morgan fingerprint density at radius 1 is 1.44 bits per heavy atom. The Hall–Kier alpha value is -0.980. The summed E-state index contributed by atoms with van der Waals surface area (Å²) in [6.45, 7) is 1.83. The van der Waals surface area contributed by atoms with E-state index < -0.39 is 22.0 Å². The summed E-state index contributed by atoms with van der Waals surface area (Å²) in [5.74, 6) is 0. The first-order valence-electron chi connectivity index (χ1n) is 4.79. The van der Waals surface area contributed by atoms with E-state index in [1.54, 1.807) is 12.1 Å². The van der Waals surface area contributed by atoms with Crippen LogP contribution in [0.5, 0.6) is 0 Å². The van der Waals surface area contributed by atoms with E-state index in [0.717, 1.165) is 5.56 Å². The van der Waals surface area contributed by atoms with Crippen molar-refractivity contribution in [2.24, 2.45) is 5.73 Å². The molecule has 4 nitrogen and oxygen atoms in total. The van der Waals surface area contributed by atoms with Crippen LogP contribution in [0.3, 0.4) is 0 Å². The van der Waals surface area contributed by atoms with Gasteiger partial charge in [0.2, 0.25) is 0 Å². The largest absolute Gasteiger partial charge is 0.300 e. The fraction of sp³-hybridized carbons (Fsp3) is 0.400. The molecule has 0 radical (unpaired) electrons. The van der Waals surface area contributed by atoms with Crippen molar-refractivity contribution in [2.75, 3.05) is 0 Å². The number of aryl methyl sites for hydroxylation is 1. The van der Waals surface area contributed by atoms with Gasteiger partial charge in [-0.1, -0.05) is 17.7 Å². The Bertz CT molecular complexity index is 499. The fourth-order valence-electron chi connectivity index (χ4n) is 1.26. The molecule has 1 aliphatic carbocycles.